The molecular weight excluding hydrogens is 462 g/mol. The van der Waals surface area contributed by atoms with E-state index in [1.807, 2.05) is 66.7 Å². The zero-order valence-corrected chi connectivity index (χ0v) is 25.2. The van der Waals surface area contributed by atoms with Crippen LogP contribution in [0.25, 0.3) is 0 Å². The third kappa shape index (κ3) is 13.6. The van der Waals surface area contributed by atoms with Crippen LogP contribution in [0.5, 0.6) is 0 Å². The summed E-state index contributed by atoms with van der Waals surface area (Å²) in [6.45, 7) is 29.2. The van der Waals surface area contributed by atoms with E-state index in [1.54, 1.807) is 11.6 Å². The zero-order chi connectivity index (χ0) is 28.3. The van der Waals surface area contributed by atoms with Gasteiger partial charge in [0.05, 0.1) is 11.7 Å². The number of allylic oxidation sites excluding steroid dienone is 6. The molecule has 3 rings (SSSR count). The van der Waals surface area contributed by atoms with Gasteiger partial charge in [0.1, 0.15) is 0 Å². The number of nitrogens with zero attached hydrogens (tertiary/aromatic N) is 1. The second kappa shape index (κ2) is 20.7. The first-order valence-corrected chi connectivity index (χ1v) is 13.5. The van der Waals surface area contributed by atoms with Crippen LogP contribution in [0.3, 0.4) is 0 Å². The summed E-state index contributed by atoms with van der Waals surface area (Å²) in [5, 5.41) is 5.62. The number of nitrogens with one attached hydrogen (secondary N) is 1. The topological polar surface area (TPSA) is 41.3 Å². The fourth-order valence-corrected chi connectivity index (χ4v) is 3.66. The van der Waals surface area contributed by atoms with Gasteiger partial charge in [-0.1, -0.05) is 87.9 Å². The molecular formula is C32H52ClN3. The average molecular weight is 514 g/mol. The molecule has 0 amide bonds. The van der Waals surface area contributed by atoms with Gasteiger partial charge in [0.2, 0.25) is 0 Å². The van der Waals surface area contributed by atoms with Crippen molar-refractivity contribution in [1.82, 2.24) is 5.32 Å². The Morgan fingerprint density at radius 1 is 1.14 bits per heavy atom. The summed E-state index contributed by atoms with van der Waals surface area (Å²) >= 11 is 5.85. The molecule has 36 heavy (non-hydrogen) atoms. The zero-order valence-electron chi connectivity index (χ0n) is 24.4. The molecule has 0 bridgehead atoms. The number of nitrogens with two attached hydrogens (primary N) is 1. The van der Waals surface area contributed by atoms with Gasteiger partial charge in [-0.2, -0.15) is 0 Å². The normalized spacial score (nSPS) is 17.2. The molecule has 3 nitrogen and oxygen atoms in total. The summed E-state index contributed by atoms with van der Waals surface area (Å²) < 4.78 is 0. The minimum atomic E-state index is 0.427. The van der Waals surface area contributed by atoms with Crippen LogP contribution in [-0.4, -0.2) is 6.04 Å². The van der Waals surface area contributed by atoms with E-state index in [9.17, 15) is 0 Å². The van der Waals surface area contributed by atoms with E-state index in [0.717, 1.165) is 16.9 Å². The summed E-state index contributed by atoms with van der Waals surface area (Å²) in [6, 6.07) is 6.02. The van der Waals surface area contributed by atoms with Gasteiger partial charge in [0.15, 0.2) is 0 Å². The molecule has 3 N–H and O–H groups in total. The van der Waals surface area contributed by atoms with Crippen molar-refractivity contribution in [3.05, 3.63) is 101 Å². The van der Waals surface area contributed by atoms with Gasteiger partial charge in [-0.3, -0.25) is 5.01 Å². The minimum Gasteiger partial charge on any atom is -0.381 e. The number of hydrogen-bond acceptors (Lipinski definition) is 3. The van der Waals surface area contributed by atoms with Crippen LogP contribution in [0.4, 0.5) is 5.69 Å². The molecule has 202 valence electrons. The van der Waals surface area contributed by atoms with E-state index in [1.165, 1.54) is 35.4 Å². The molecule has 0 saturated carbocycles. The van der Waals surface area contributed by atoms with Crippen molar-refractivity contribution in [3.63, 3.8) is 0 Å². The quantitative estimate of drug-likeness (QED) is 0.239. The highest BCUT2D eigenvalue weighted by Gasteiger charge is 2.19. The number of hydrazine groups is 1. The lowest BCUT2D eigenvalue weighted by atomic mass is 9.83. The third-order valence-corrected chi connectivity index (χ3v) is 5.67. The lowest BCUT2D eigenvalue weighted by Gasteiger charge is -2.27. The molecule has 2 unspecified atom stereocenters. The maximum Gasteiger partial charge on any atom is 0.0658 e. The van der Waals surface area contributed by atoms with Crippen molar-refractivity contribution >= 4 is 17.3 Å². The van der Waals surface area contributed by atoms with E-state index < -0.39 is 0 Å². The molecule has 1 aliphatic carbocycles. The van der Waals surface area contributed by atoms with Crippen LogP contribution in [0.1, 0.15) is 80.2 Å². The van der Waals surface area contributed by atoms with E-state index in [0.29, 0.717) is 17.0 Å². The summed E-state index contributed by atoms with van der Waals surface area (Å²) in [7, 11) is 0. The first-order valence-electron chi connectivity index (χ1n) is 13.1. The SMILES string of the molecule is C=C(C)C1CC=C(C2C=C(C)C=CN2)CC1.C=C(C)N(N)c1cc(Cl)ccc1C.C=CC.CC.CC. The Bertz CT molecular complexity index is 893. The van der Waals surface area contributed by atoms with Crippen molar-refractivity contribution in [2.75, 3.05) is 5.01 Å². The number of benzene rings is 1. The molecule has 2 atom stereocenters. The first kappa shape index (κ1) is 35.7. The number of rotatable bonds is 4. The van der Waals surface area contributed by atoms with Crippen LogP contribution in [0.15, 0.2) is 90.9 Å². The van der Waals surface area contributed by atoms with Crippen molar-refractivity contribution < 1.29 is 0 Å². The van der Waals surface area contributed by atoms with Crippen molar-refractivity contribution in [2.45, 2.75) is 87.6 Å². The van der Waals surface area contributed by atoms with Gasteiger partial charge >= 0.3 is 0 Å². The predicted octanol–water partition coefficient (Wildman–Crippen LogP) is 9.83. The van der Waals surface area contributed by atoms with Gasteiger partial charge in [0.25, 0.3) is 0 Å². The smallest absolute Gasteiger partial charge is 0.0658 e. The van der Waals surface area contributed by atoms with Crippen LogP contribution in [-0.2, 0) is 0 Å². The van der Waals surface area contributed by atoms with Gasteiger partial charge in [-0.15, -0.1) is 6.58 Å². The molecule has 0 aromatic heterocycles. The Balaban J connectivity index is 0. The number of anilines is 1. The van der Waals surface area contributed by atoms with E-state index in [2.05, 4.69) is 63.3 Å². The molecule has 0 fully saturated rings. The lowest BCUT2D eigenvalue weighted by Crippen LogP contribution is -2.28. The Kier molecular flexibility index (Phi) is 20.5. The van der Waals surface area contributed by atoms with Gasteiger partial charge in [-0.05, 0) is 95.3 Å². The average Bonchev–Trinajstić information content (AvgIpc) is 2.88. The fourth-order valence-electron chi connectivity index (χ4n) is 3.50. The second-order valence-electron chi connectivity index (χ2n) is 8.43. The Morgan fingerprint density at radius 2 is 1.72 bits per heavy atom. The van der Waals surface area contributed by atoms with Crippen molar-refractivity contribution in [3.8, 4) is 0 Å². The highest BCUT2D eigenvalue weighted by Crippen LogP contribution is 2.30. The molecule has 1 aromatic carbocycles. The second-order valence-corrected chi connectivity index (χ2v) is 8.87. The van der Waals surface area contributed by atoms with Gasteiger partial charge < -0.3 is 5.32 Å². The summed E-state index contributed by atoms with van der Waals surface area (Å²) in [5.41, 5.74) is 6.98. The van der Waals surface area contributed by atoms with Gasteiger partial charge in [-0.25, -0.2) is 5.84 Å². The number of hydrogen-bond donors (Lipinski definition) is 2. The highest BCUT2D eigenvalue weighted by molar-refractivity contribution is 6.30. The van der Waals surface area contributed by atoms with Crippen LogP contribution >= 0.6 is 11.6 Å². The number of dihydropyridines is 1. The van der Waals surface area contributed by atoms with Gasteiger partial charge in [0, 0.05) is 10.7 Å². The molecule has 1 heterocycles. The third-order valence-electron chi connectivity index (χ3n) is 5.44. The number of halogens is 1. The Labute approximate surface area is 228 Å². The van der Waals surface area contributed by atoms with Crippen LogP contribution in [0, 0.1) is 12.8 Å². The Hall–Kier alpha value is -2.49. The molecule has 0 radical (unpaired) electrons. The largest absolute Gasteiger partial charge is 0.381 e. The van der Waals surface area contributed by atoms with E-state index >= 15 is 0 Å². The van der Waals surface area contributed by atoms with E-state index in [4.69, 9.17) is 17.4 Å². The monoisotopic (exact) mass is 513 g/mol. The van der Waals surface area contributed by atoms with Crippen molar-refractivity contribution in [1.29, 1.82) is 0 Å². The first-order chi connectivity index (χ1) is 17.1. The highest BCUT2D eigenvalue weighted by atomic mass is 35.5. The van der Waals surface area contributed by atoms with Crippen molar-refractivity contribution in [2.24, 2.45) is 11.8 Å². The summed E-state index contributed by atoms with van der Waals surface area (Å²) in [4.78, 5) is 0. The fraction of sp³-hybridized carbons (Fsp3) is 0.438. The summed E-state index contributed by atoms with van der Waals surface area (Å²) in [5.74, 6) is 6.48. The molecule has 0 saturated heterocycles. The van der Waals surface area contributed by atoms with E-state index in [-0.39, 0.29) is 0 Å². The minimum absolute atomic E-state index is 0.427. The maximum absolute atomic E-state index is 5.85. The number of aryl methyl sites for hydroxylation is 1. The maximum atomic E-state index is 5.85. The van der Waals surface area contributed by atoms with Crippen LogP contribution in [0.2, 0.25) is 5.02 Å². The molecule has 0 spiro atoms. The lowest BCUT2D eigenvalue weighted by molar-refractivity contribution is 0.521. The molecule has 1 aromatic rings. The Morgan fingerprint density at radius 3 is 2.17 bits per heavy atom. The summed E-state index contributed by atoms with van der Waals surface area (Å²) in [6.07, 6.45) is 14.3. The molecule has 2 aliphatic rings. The standard InChI is InChI=1S/C15H21N.C10H13ClN2.C3H6.2C2H6/c1-11(2)13-4-6-14(7-5-13)15-10-12(3)8-9-16-15;1-7(2)13(12)10-6-9(11)5-4-8(10)3;1-3-2;2*1-2/h6,8-10,13,15-16H,1,4-5,7H2,2-3H3;4-6H,1,12H2,2-3H3;3H,1H2,2H3;2*1-2H3. The molecule has 1 aliphatic heterocycles. The predicted molar refractivity (Wildman–Crippen MR) is 166 cm³/mol. The molecule has 4 heteroatoms. The van der Waals surface area contributed by atoms with Crippen LogP contribution < -0.4 is 16.2 Å².